The first-order chi connectivity index (χ1) is 20.7. The van der Waals surface area contributed by atoms with Crippen LogP contribution in [0.15, 0.2) is 60.9 Å². The lowest BCUT2D eigenvalue weighted by Gasteiger charge is -2.40. The zero-order chi connectivity index (χ0) is 30.6. The number of halogens is 2. The summed E-state index contributed by atoms with van der Waals surface area (Å²) in [6, 6.07) is 11.1. The molecule has 9 nitrogen and oxygen atoms in total. The second-order valence-corrected chi connectivity index (χ2v) is 12.0. The molecule has 3 aromatic rings. The second kappa shape index (κ2) is 14.3. The number of pyridine rings is 1. The normalized spacial score (nSPS) is 21.3. The van der Waals surface area contributed by atoms with Crippen molar-refractivity contribution in [3.8, 4) is 5.75 Å². The van der Waals surface area contributed by atoms with Gasteiger partial charge in [-0.25, -0.2) is 4.39 Å². The van der Waals surface area contributed by atoms with E-state index in [-0.39, 0.29) is 58.9 Å². The fourth-order valence-corrected chi connectivity index (χ4v) is 6.06. The Labute approximate surface area is 262 Å². The number of aromatic nitrogens is 1. The SMILES string of the molecule is CC1(C)CCCNC1c1ccc(O)c(C(=O)c2ccc(C(=O)N[C@@H]3CCCNC[C@H]3NC(=O)c3ccncc3)cc2)c1F.Cl. The van der Waals surface area contributed by atoms with Crippen LogP contribution in [0, 0.1) is 11.2 Å². The number of hydrogen-bond acceptors (Lipinski definition) is 7. The van der Waals surface area contributed by atoms with Crippen LogP contribution in [-0.2, 0) is 0 Å². The number of hydrogen-bond donors (Lipinski definition) is 5. The predicted octanol–water partition coefficient (Wildman–Crippen LogP) is 4.31. The molecule has 2 aliphatic heterocycles. The third-order valence-corrected chi connectivity index (χ3v) is 8.52. The van der Waals surface area contributed by atoms with Gasteiger partial charge in [-0.2, -0.15) is 0 Å². The lowest BCUT2D eigenvalue weighted by atomic mass is 9.74. The first-order valence-corrected chi connectivity index (χ1v) is 14.8. The van der Waals surface area contributed by atoms with Crippen molar-refractivity contribution in [3.05, 3.63) is 94.6 Å². The van der Waals surface area contributed by atoms with Crippen molar-refractivity contribution in [2.75, 3.05) is 19.6 Å². The van der Waals surface area contributed by atoms with E-state index < -0.39 is 17.3 Å². The van der Waals surface area contributed by atoms with E-state index in [9.17, 15) is 19.5 Å². The summed E-state index contributed by atoms with van der Waals surface area (Å²) in [5.41, 5.74) is 0.706. The fourth-order valence-electron chi connectivity index (χ4n) is 6.06. The van der Waals surface area contributed by atoms with Crippen LogP contribution >= 0.6 is 12.4 Å². The predicted molar refractivity (Wildman–Crippen MR) is 168 cm³/mol. The van der Waals surface area contributed by atoms with Gasteiger partial charge in [-0.3, -0.25) is 19.4 Å². The van der Waals surface area contributed by atoms with Crippen molar-refractivity contribution < 1.29 is 23.9 Å². The van der Waals surface area contributed by atoms with Gasteiger partial charge in [0.15, 0.2) is 5.78 Å². The van der Waals surface area contributed by atoms with Crippen molar-refractivity contribution in [2.24, 2.45) is 5.41 Å². The smallest absolute Gasteiger partial charge is 0.251 e. The summed E-state index contributed by atoms with van der Waals surface area (Å²) in [5, 5.41) is 23.2. The average Bonchev–Trinajstić information content (AvgIpc) is 3.22. The number of ketones is 1. The van der Waals surface area contributed by atoms with Gasteiger partial charge in [0.25, 0.3) is 11.8 Å². The Morgan fingerprint density at radius 2 is 1.52 bits per heavy atom. The highest BCUT2D eigenvalue weighted by Gasteiger charge is 2.36. The molecule has 2 amide bonds. The highest BCUT2D eigenvalue weighted by molar-refractivity contribution is 6.11. The minimum atomic E-state index is -0.735. The second-order valence-electron chi connectivity index (χ2n) is 12.0. The Hall–Kier alpha value is -3.86. The maximum atomic E-state index is 15.8. The molecular formula is C33H39ClFN5O4. The van der Waals surface area contributed by atoms with Crippen LogP contribution in [0.3, 0.4) is 0 Å². The first kappa shape index (κ1) is 33.0. The van der Waals surface area contributed by atoms with Crippen LogP contribution in [0.25, 0.3) is 0 Å². The standard InChI is InChI=1S/C33H38FN5O4.ClH/c1-33(2)14-4-16-37-30(33)23-10-11-26(40)27(28(23)34)29(41)20-6-8-21(9-7-20)31(42)38-24-5-3-15-36-19-25(24)39-32(43)22-12-17-35-18-13-22;/h6-13,17-18,24-25,30,36-37,40H,3-5,14-16,19H2,1-2H3,(H,38,42)(H,39,43);1H/t24-,25-,30?;/m1./s1. The minimum absolute atomic E-state index is 0. The molecule has 0 radical (unpaired) electrons. The number of aromatic hydroxyl groups is 1. The van der Waals surface area contributed by atoms with Crippen LogP contribution in [0.2, 0.25) is 0 Å². The maximum Gasteiger partial charge on any atom is 0.251 e. The van der Waals surface area contributed by atoms with E-state index in [4.69, 9.17) is 0 Å². The average molecular weight is 624 g/mol. The van der Waals surface area contributed by atoms with Crippen LogP contribution in [0.4, 0.5) is 4.39 Å². The molecule has 234 valence electrons. The fraction of sp³-hybridized carbons (Fsp3) is 0.394. The molecule has 3 heterocycles. The summed E-state index contributed by atoms with van der Waals surface area (Å²) >= 11 is 0. The number of nitrogens with one attached hydrogen (secondary N) is 4. The van der Waals surface area contributed by atoms with E-state index >= 15 is 4.39 Å². The molecule has 0 saturated carbocycles. The Kier molecular flexibility index (Phi) is 10.7. The molecule has 1 unspecified atom stereocenters. The Bertz CT molecular complexity index is 1490. The van der Waals surface area contributed by atoms with Gasteiger partial charge in [-0.05, 0) is 74.5 Å². The van der Waals surface area contributed by atoms with Crippen molar-refractivity contribution >= 4 is 30.0 Å². The Balaban J connectivity index is 0.00000442. The zero-order valence-corrected chi connectivity index (χ0v) is 25.7. The number of rotatable bonds is 7. The monoisotopic (exact) mass is 623 g/mol. The largest absolute Gasteiger partial charge is 0.507 e. The molecule has 44 heavy (non-hydrogen) atoms. The summed E-state index contributed by atoms with van der Waals surface area (Å²) < 4.78 is 15.8. The summed E-state index contributed by atoms with van der Waals surface area (Å²) in [7, 11) is 0. The molecule has 0 aliphatic carbocycles. The molecular weight excluding hydrogens is 585 g/mol. The molecule has 5 rings (SSSR count). The van der Waals surface area contributed by atoms with Gasteiger partial charge in [0, 0.05) is 47.2 Å². The van der Waals surface area contributed by atoms with Gasteiger partial charge in [0.2, 0.25) is 0 Å². The molecule has 0 spiro atoms. The highest BCUT2D eigenvalue weighted by atomic mass is 35.5. The number of benzene rings is 2. The van der Waals surface area contributed by atoms with E-state index in [1.807, 2.05) is 0 Å². The van der Waals surface area contributed by atoms with Crippen LogP contribution in [0.1, 0.15) is 87.8 Å². The van der Waals surface area contributed by atoms with E-state index in [0.29, 0.717) is 29.7 Å². The van der Waals surface area contributed by atoms with Crippen LogP contribution < -0.4 is 21.3 Å². The maximum absolute atomic E-state index is 15.8. The van der Waals surface area contributed by atoms with Gasteiger partial charge in [-0.15, -0.1) is 12.4 Å². The van der Waals surface area contributed by atoms with Crippen LogP contribution in [-0.4, -0.2) is 59.4 Å². The van der Waals surface area contributed by atoms with Gasteiger partial charge in [-0.1, -0.05) is 32.0 Å². The van der Waals surface area contributed by atoms with Crippen molar-refractivity contribution in [1.82, 2.24) is 26.3 Å². The molecule has 0 bridgehead atoms. The molecule has 3 atom stereocenters. The van der Waals surface area contributed by atoms with Gasteiger partial charge in [0.05, 0.1) is 12.1 Å². The number of carbonyl (C=O) groups excluding carboxylic acids is 3. The van der Waals surface area contributed by atoms with Crippen molar-refractivity contribution in [3.63, 3.8) is 0 Å². The van der Waals surface area contributed by atoms with Gasteiger partial charge in [0.1, 0.15) is 17.1 Å². The van der Waals surface area contributed by atoms with Crippen LogP contribution in [0.5, 0.6) is 5.75 Å². The number of piperidine rings is 1. The van der Waals surface area contributed by atoms with Crippen molar-refractivity contribution in [1.29, 1.82) is 0 Å². The Morgan fingerprint density at radius 3 is 2.20 bits per heavy atom. The Morgan fingerprint density at radius 1 is 0.886 bits per heavy atom. The third kappa shape index (κ3) is 7.26. The lowest BCUT2D eigenvalue weighted by molar-refractivity contribution is 0.0882. The number of carbonyl (C=O) groups is 3. The van der Waals surface area contributed by atoms with E-state index in [0.717, 1.165) is 32.4 Å². The van der Waals surface area contributed by atoms with Crippen molar-refractivity contribution in [2.45, 2.75) is 57.7 Å². The minimum Gasteiger partial charge on any atom is -0.507 e. The van der Waals surface area contributed by atoms with E-state index in [1.165, 1.54) is 36.4 Å². The van der Waals surface area contributed by atoms with E-state index in [2.05, 4.69) is 40.1 Å². The van der Waals surface area contributed by atoms with Gasteiger partial charge < -0.3 is 26.4 Å². The number of phenols is 1. The van der Waals surface area contributed by atoms with Gasteiger partial charge >= 0.3 is 0 Å². The van der Waals surface area contributed by atoms with E-state index in [1.54, 1.807) is 24.5 Å². The number of amides is 2. The molecule has 11 heteroatoms. The zero-order valence-electron chi connectivity index (χ0n) is 24.9. The highest BCUT2D eigenvalue weighted by Crippen LogP contribution is 2.42. The summed E-state index contributed by atoms with van der Waals surface area (Å²) in [6.45, 7) is 6.13. The number of phenolic OH excluding ortho intramolecular Hbond substituents is 1. The lowest BCUT2D eigenvalue weighted by Crippen LogP contribution is -2.54. The third-order valence-electron chi connectivity index (χ3n) is 8.52. The molecule has 1 aromatic heterocycles. The quantitative estimate of drug-likeness (QED) is 0.248. The molecule has 2 aromatic carbocycles. The summed E-state index contributed by atoms with van der Waals surface area (Å²) in [6.07, 6.45) is 6.48. The number of nitrogens with zero attached hydrogens (tertiary/aromatic N) is 1. The summed E-state index contributed by atoms with van der Waals surface area (Å²) in [5.74, 6) is -2.42. The molecule has 2 saturated heterocycles. The first-order valence-electron chi connectivity index (χ1n) is 14.8. The molecule has 5 N–H and O–H groups in total. The summed E-state index contributed by atoms with van der Waals surface area (Å²) in [4.78, 5) is 43.4. The topological polar surface area (TPSA) is 132 Å². The molecule has 2 fully saturated rings. The molecule has 2 aliphatic rings.